The zero-order chi connectivity index (χ0) is 33.9. The molecule has 2 aliphatic rings. The van der Waals surface area contributed by atoms with Crippen molar-refractivity contribution in [1.82, 2.24) is 14.4 Å². The number of amides is 2. The van der Waals surface area contributed by atoms with Gasteiger partial charge in [-0.05, 0) is 96.6 Å². The van der Waals surface area contributed by atoms with Gasteiger partial charge in [0, 0.05) is 37.4 Å². The molecule has 1 aromatic carbocycles. The average Bonchev–Trinajstić information content (AvgIpc) is 3.21. The summed E-state index contributed by atoms with van der Waals surface area (Å²) in [6, 6.07) is 5.72. The van der Waals surface area contributed by atoms with Crippen LogP contribution in [0.3, 0.4) is 0 Å². The predicted octanol–water partition coefficient (Wildman–Crippen LogP) is 7.93. The van der Waals surface area contributed by atoms with Crippen LogP contribution >= 0.6 is 0 Å². The standard InChI is InChI=1S/C35H55N3O6Si/c1-23-14-15-25-26(20-23)38(31(41)44-33(6,7)8)29-27(21-42-45(12,13)34(9,10)11)37(24(2)39)22-35(28(25)29)16-18-36(19-17-35)30(40)43-32(3,4)5/h14-15,20,27H,16-19,21-22H2,1-13H3/t27-/m0/s1. The minimum Gasteiger partial charge on any atom is -0.444 e. The Kier molecular flexibility index (Phi) is 9.14. The molecule has 10 heteroatoms. The molecule has 0 bridgehead atoms. The lowest BCUT2D eigenvalue weighted by atomic mass is 9.68. The Balaban J connectivity index is 1.94. The number of likely N-dealkylation sites (tertiary alicyclic amines) is 1. The molecule has 45 heavy (non-hydrogen) atoms. The smallest absolute Gasteiger partial charge is 0.419 e. The molecular formula is C35H55N3O6Si. The normalized spacial score (nSPS) is 19.1. The number of rotatable bonds is 3. The van der Waals surface area contributed by atoms with E-state index in [4.69, 9.17) is 13.9 Å². The minimum atomic E-state index is -2.22. The Hall–Kier alpha value is -2.85. The van der Waals surface area contributed by atoms with Gasteiger partial charge in [0.2, 0.25) is 5.91 Å². The number of carbonyl (C=O) groups excluding carboxylic acids is 3. The summed E-state index contributed by atoms with van der Waals surface area (Å²) in [7, 11) is -2.22. The van der Waals surface area contributed by atoms with Crippen molar-refractivity contribution in [2.24, 2.45) is 0 Å². The number of fused-ring (bicyclic) bond motifs is 4. The van der Waals surface area contributed by atoms with Gasteiger partial charge in [-0.3, -0.25) is 4.79 Å². The van der Waals surface area contributed by atoms with E-state index >= 15 is 0 Å². The molecule has 9 nitrogen and oxygen atoms in total. The molecule has 2 aromatic rings. The maximum absolute atomic E-state index is 14.2. The van der Waals surface area contributed by atoms with Crippen LogP contribution in [0.2, 0.25) is 18.1 Å². The number of nitrogens with zero attached hydrogens (tertiary/aromatic N) is 3. The van der Waals surface area contributed by atoms with Crippen molar-refractivity contribution in [2.75, 3.05) is 26.2 Å². The third kappa shape index (κ3) is 7.11. The van der Waals surface area contributed by atoms with Crippen LogP contribution in [0.25, 0.3) is 10.9 Å². The van der Waals surface area contributed by atoms with E-state index in [-0.39, 0.29) is 23.6 Å². The summed E-state index contributed by atoms with van der Waals surface area (Å²) in [5.74, 6) is -0.0735. The van der Waals surface area contributed by atoms with Crippen molar-refractivity contribution in [3.05, 3.63) is 35.0 Å². The lowest BCUT2D eigenvalue weighted by Crippen LogP contribution is -2.57. The first-order valence-corrected chi connectivity index (χ1v) is 19.2. The minimum absolute atomic E-state index is 0.0315. The van der Waals surface area contributed by atoms with Crippen LogP contribution in [-0.2, 0) is 24.1 Å². The van der Waals surface area contributed by atoms with Gasteiger partial charge in [0.15, 0.2) is 8.32 Å². The Bertz CT molecular complexity index is 1470. The van der Waals surface area contributed by atoms with Crippen LogP contribution in [0.15, 0.2) is 18.2 Å². The Morgan fingerprint density at radius 3 is 1.98 bits per heavy atom. The van der Waals surface area contributed by atoms with Gasteiger partial charge in [0.1, 0.15) is 11.2 Å². The molecule has 2 aliphatic heterocycles. The quantitative estimate of drug-likeness (QED) is 0.316. The van der Waals surface area contributed by atoms with Crippen LogP contribution in [0, 0.1) is 6.92 Å². The number of benzene rings is 1. The van der Waals surface area contributed by atoms with Crippen molar-refractivity contribution in [3.8, 4) is 0 Å². The van der Waals surface area contributed by atoms with Gasteiger partial charge in [-0.25, -0.2) is 14.2 Å². The molecule has 1 fully saturated rings. The van der Waals surface area contributed by atoms with Crippen LogP contribution in [-0.4, -0.2) is 78.2 Å². The van der Waals surface area contributed by atoms with Crippen molar-refractivity contribution in [2.45, 2.75) is 130 Å². The highest BCUT2D eigenvalue weighted by atomic mass is 28.4. The van der Waals surface area contributed by atoms with Crippen LogP contribution in [0.4, 0.5) is 9.59 Å². The first-order chi connectivity index (χ1) is 20.5. The third-order valence-electron chi connectivity index (χ3n) is 9.62. The summed E-state index contributed by atoms with van der Waals surface area (Å²) in [6.45, 7) is 27.5. The first kappa shape index (κ1) is 35.0. The molecule has 1 atom stereocenters. The van der Waals surface area contributed by atoms with Crippen molar-refractivity contribution < 1.29 is 28.3 Å². The zero-order valence-electron chi connectivity index (χ0n) is 29.8. The van der Waals surface area contributed by atoms with E-state index in [2.05, 4.69) is 46.0 Å². The lowest BCUT2D eigenvalue weighted by Gasteiger charge is -2.51. The predicted molar refractivity (Wildman–Crippen MR) is 180 cm³/mol. The fraction of sp³-hybridized carbons (Fsp3) is 0.686. The van der Waals surface area contributed by atoms with E-state index in [1.807, 2.05) is 59.4 Å². The summed E-state index contributed by atoms with van der Waals surface area (Å²) in [5.41, 5.74) is 1.83. The zero-order valence-corrected chi connectivity index (χ0v) is 30.8. The number of hydrogen-bond donors (Lipinski definition) is 0. The number of aryl methyl sites for hydroxylation is 1. The van der Waals surface area contributed by atoms with E-state index in [1.54, 1.807) is 16.4 Å². The fourth-order valence-corrected chi connectivity index (χ4v) is 7.32. The molecular weight excluding hydrogens is 586 g/mol. The highest BCUT2D eigenvalue weighted by Gasteiger charge is 2.51. The molecule has 1 spiro atoms. The van der Waals surface area contributed by atoms with Crippen LogP contribution < -0.4 is 0 Å². The second-order valence-corrected chi connectivity index (χ2v) is 21.4. The molecule has 0 aliphatic carbocycles. The topological polar surface area (TPSA) is 90.3 Å². The number of carbonyl (C=O) groups is 3. The van der Waals surface area contributed by atoms with E-state index < -0.39 is 37.1 Å². The lowest BCUT2D eigenvalue weighted by molar-refractivity contribution is -0.135. The van der Waals surface area contributed by atoms with Crippen molar-refractivity contribution >= 4 is 37.3 Å². The monoisotopic (exact) mass is 641 g/mol. The summed E-state index contributed by atoms with van der Waals surface area (Å²) in [4.78, 5) is 44.4. The Morgan fingerprint density at radius 1 is 0.911 bits per heavy atom. The van der Waals surface area contributed by atoms with Gasteiger partial charge in [0.05, 0.1) is 23.9 Å². The van der Waals surface area contributed by atoms with Crippen molar-refractivity contribution in [1.29, 1.82) is 0 Å². The molecule has 0 saturated carbocycles. The summed E-state index contributed by atoms with van der Waals surface area (Å²) >= 11 is 0. The van der Waals surface area contributed by atoms with E-state index in [9.17, 15) is 14.4 Å². The summed E-state index contributed by atoms with van der Waals surface area (Å²) in [5, 5.41) is 0.948. The number of hydrogen-bond acceptors (Lipinski definition) is 6. The average molecular weight is 642 g/mol. The molecule has 250 valence electrons. The maximum Gasteiger partial charge on any atom is 0.419 e. The second kappa shape index (κ2) is 11.7. The molecule has 1 aromatic heterocycles. The molecule has 0 radical (unpaired) electrons. The van der Waals surface area contributed by atoms with Crippen LogP contribution in [0.1, 0.15) is 105 Å². The molecule has 0 unspecified atom stereocenters. The highest BCUT2D eigenvalue weighted by Crippen LogP contribution is 2.51. The van der Waals surface area contributed by atoms with Gasteiger partial charge >= 0.3 is 12.2 Å². The first-order valence-electron chi connectivity index (χ1n) is 16.2. The number of ether oxygens (including phenoxy) is 2. The second-order valence-electron chi connectivity index (χ2n) is 16.6. The number of aromatic nitrogens is 1. The van der Waals surface area contributed by atoms with Gasteiger partial charge in [0.25, 0.3) is 0 Å². The molecule has 2 amide bonds. The molecule has 4 rings (SSSR count). The highest BCUT2D eigenvalue weighted by molar-refractivity contribution is 6.74. The fourth-order valence-electron chi connectivity index (χ4n) is 6.31. The largest absolute Gasteiger partial charge is 0.444 e. The van der Waals surface area contributed by atoms with E-state index in [0.29, 0.717) is 32.5 Å². The third-order valence-corrected chi connectivity index (χ3v) is 14.1. The maximum atomic E-state index is 14.2. The van der Waals surface area contributed by atoms with Crippen LogP contribution in [0.5, 0.6) is 0 Å². The SMILES string of the molecule is CC(=O)N1CC2(CCN(C(=O)OC(C)(C)C)CC2)c2c(n(C(=O)OC(C)(C)C)c3cc(C)ccc23)[C@@H]1CO[Si](C)(C)C(C)(C)C. The Morgan fingerprint density at radius 2 is 1.47 bits per heavy atom. The molecule has 0 N–H and O–H groups in total. The molecule has 1 saturated heterocycles. The van der Waals surface area contributed by atoms with E-state index in [1.165, 1.54) is 0 Å². The van der Waals surface area contributed by atoms with Gasteiger partial charge in [-0.2, -0.15) is 0 Å². The molecule has 3 heterocycles. The Labute approximate surface area is 270 Å². The summed E-state index contributed by atoms with van der Waals surface area (Å²) in [6.07, 6.45) is 0.452. The number of piperidine rings is 1. The van der Waals surface area contributed by atoms with Gasteiger partial charge in [-0.1, -0.05) is 32.9 Å². The van der Waals surface area contributed by atoms with Crippen molar-refractivity contribution in [3.63, 3.8) is 0 Å². The van der Waals surface area contributed by atoms with Gasteiger partial charge in [-0.15, -0.1) is 0 Å². The summed E-state index contributed by atoms with van der Waals surface area (Å²) < 4.78 is 20.2. The van der Waals surface area contributed by atoms with E-state index in [0.717, 1.165) is 27.7 Å². The van der Waals surface area contributed by atoms with Gasteiger partial charge < -0.3 is 23.7 Å².